The van der Waals surface area contributed by atoms with Crippen LogP contribution in [0.4, 0.5) is 5.69 Å². The number of rotatable bonds is 6. The monoisotopic (exact) mass is 352 g/mol. The Bertz CT molecular complexity index is 802. The van der Waals surface area contributed by atoms with Gasteiger partial charge in [-0.15, -0.1) is 0 Å². The molecule has 1 aliphatic heterocycles. The van der Waals surface area contributed by atoms with Gasteiger partial charge in [-0.3, -0.25) is 9.59 Å². The Morgan fingerprint density at radius 3 is 2.54 bits per heavy atom. The summed E-state index contributed by atoms with van der Waals surface area (Å²) in [6.45, 7) is 3.09. The van der Waals surface area contributed by atoms with E-state index in [9.17, 15) is 9.59 Å². The van der Waals surface area contributed by atoms with Crippen LogP contribution in [0.25, 0.3) is 0 Å². The highest BCUT2D eigenvalue weighted by Gasteiger charge is 2.35. The number of amides is 1. The van der Waals surface area contributed by atoms with Crippen LogP contribution in [-0.2, 0) is 4.79 Å². The van der Waals surface area contributed by atoms with Gasteiger partial charge in [0.1, 0.15) is 5.75 Å². The van der Waals surface area contributed by atoms with E-state index in [1.807, 2.05) is 56.3 Å². The van der Waals surface area contributed by atoms with Gasteiger partial charge in [0, 0.05) is 30.6 Å². The zero-order chi connectivity index (χ0) is 18.7. The van der Waals surface area contributed by atoms with Crippen molar-refractivity contribution in [3.63, 3.8) is 0 Å². The number of benzene rings is 2. The zero-order valence-electron chi connectivity index (χ0n) is 15.4. The number of Topliss-reactive ketones (excluding diaryl/α,β-unsaturated/α-hetero) is 1. The fourth-order valence-corrected chi connectivity index (χ4v) is 3.01. The lowest BCUT2D eigenvalue weighted by atomic mass is 10.0. The summed E-state index contributed by atoms with van der Waals surface area (Å²) in [6, 6.07) is 14.8. The second-order valence-electron chi connectivity index (χ2n) is 6.66. The van der Waals surface area contributed by atoms with Crippen LogP contribution in [-0.4, -0.2) is 43.8 Å². The SMILES string of the molecule is CCC(=O)c1ccc2c(c1)N(CCN(C)C)C(=O)C(c1ccccc1)O2. The second-order valence-corrected chi connectivity index (χ2v) is 6.66. The molecule has 5 nitrogen and oxygen atoms in total. The molecule has 2 aromatic carbocycles. The van der Waals surface area contributed by atoms with Crippen LogP contribution in [0.3, 0.4) is 0 Å². The van der Waals surface area contributed by atoms with E-state index in [2.05, 4.69) is 0 Å². The highest BCUT2D eigenvalue weighted by molar-refractivity contribution is 6.03. The van der Waals surface area contributed by atoms with Crippen LogP contribution in [0.15, 0.2) is 48.5 Å². The fourth-order valence-electron chi connectivity index (χ4n) is 3.01. The highest BCUT2D eigenvalue weighted by atomic mass is 16.5. The van der Waals surface area contributed by atoms with Gasteiger partial charge in [0.25, 0.3) is 5.91 Å². The molecule has 0 N–H and O–H groups in total. The number of ketones is 1. The summed E-state index contributed by atoms with van der Waals surface area (Å²) in [5.41, 5.74) is 2.10. The Balaban J connectivity index is 2.01. The normalized spacial score (nSPS) is 16.4. The van der Waals surface area contributed by atoms with Crippen molar-refractivity contribution < 1.29 is 14.3 Å². The summed E-state index contributed by atoms with van der Waals surface area (Å²) in [5, 5.41) is 0. The number of hydrogen-bond donors (Lipinski definition) is 0. The van der Waals surface area contributed by atoms with Crippen LogP contribution >= 0.6 is 0 Å². The minimum absolute atomic E-state index is 0.0537. The van der Waals surface area contributed by atoms with E-state index in [-0.39, 0.29) is 11.7 Å². The summed E-state index contributed by atoms with van der Waals surface area (Å²) in [4.78, 5) is 29.0. The van der Waals surface area contributed by atoms with E-state index in [0.717, 1.165) is 12.1 Å². The summed E-state index contributed by atoms with van der Waals surface area (Å²) >= 11 is 0. The first kappa shape index (κ1) is 18.1. The molecule has 0 saturated heterocycles. The number of anilines is 1. The summed E-state index contributed by atoms with van der Waals surface area (Å²) in [5.74, 6) is 0.578. The molecule has 1 heterocycles. The maximum atomic E-state index is 13.1. The van der Waals surface area contributed by atoms with E-state index >= 15 is 0 Å². The number of likely N-dealkylation sites (N-methyl/N-ethyl adjacent to an activating group) is 1. The number of carbonyl (C=O) groups excluding carboxylic acids is 2. The van der Waals surface area contributed by atoms with Crippen LogP contribution in [0.2, 0.25) is 0 Å². The highest BCUT2D eigenvalue weighted by Crippen LogP contribution is 2.39. The molecule has 26 heavy (non-hydrogen) atoms. The van der Waals surface area contributed by atoms with Crippen molar-refractivity contribution in [1.29, 1.82) is 0 Å². The molecule has 0 aromatic heterocycles. The van der Waals surface area contributed by atoms with Gasteiger partial charge in [-0.05, 0) is 32.3 Å². The number of ether oxygens (including phenoxy) is 1. The van der Waals surface area contributed by atoms with Gasteiger partial charge in [0.2, 0.25) is 6.10 Å². The molecule has 0 bridgehead atoms. The second kappa shape index (κ2) is 7.70. The summed E-state index contributed by atoms with van der Waals surface area (Å²) in [6.07, 6.45) is -0.239. The van der Waals surface area contributed by atoms with E-state index < -0.39 is 6.10 Å². The molecular weight excluding hydrogens is 328 g/mol. The van der Waals surface area contributed by atoms with E-state index in [0.29, 0.717) is 30.0 Å². The van der Waals surface area contributed by atoms with Crippen molar-refractivity contribution in [3.05, 3.63) is 59.7 Å². The Hall–Kier alpha value is -2.66. The molecule has 5 heteroatoms. The van der Waals surface area contributed by atoms with Gasteiger partial charge in [-0.25, -0.2) is 0 Å². The Morgan fingerprint density at radius 2 is 1.88 bits per heavy atom. The molecule has 0 aliphatic carbocycles. The molecule has 3 rings (SSSR count). The largest absolute Gasteiger partial charge is 0.474 e. The van der Waals surface area contributed by atoms with Gasteiger partial charge in [0.05, 0.1) is 5.69 Å². The molecule has 2 aromatic rings. The van der Waals surface area contributed by atoms with Crippen LogP contribution < -0.4 is 9.64 Å². The fraction of sp³-hybridized carbons (Fsp3) is 0.333. The van der Waals surface area contributed by atoms with Crippen molar-refractivity contribution in [3.8, 4) is 5.75 Å². The predicted molar refractivity (Wildman–Crippen MR) is 102 cm³/mol. The van der Waals surface area contributed by atoms with Gasteiger partial charge >= 0.3 is 0 Å². The lowest BCUT2D eigenvalue weighted by Crippen LogP contribution is -2.44. The van der Waals surface area contributed by atoms with E-state index in [1.54, 1.807) is 23.1 Å². The molecule has 0 fully saturated rings. The Morgan fingerprint density at radius 1 is 1.15 bits per heavy atom. The number of hydrogen-bond acceptors (Lipinski definition) is 4. The lowest BCUT2D eigenvalue weighted by Gasteiger charge is -2.35. The quantitative estimate of drug-likeness (QED) is 0.749. The van der Waals surface area contributed by atoms with Gasteiger partial charge in [-0.1, -0.05) is 37.3 Å². The zero-order valence-corrected chi connectivity index (χ0v) is 15.4. The molecule has 0 spiro atoms. The summed E-state index contributed by atoms with van der Waals surface area (Å²) < 4.78 is 6.02. The third kappa shape index (κ3) is 3.63. The molecule has 1 unspecified atom stereocenters. The molecule has 136 valence electrons. The van der Waals surface area contributed by atoms with Crippen LogP contribution in [0, 0.1) is 0 Å². The molecule has 0 radical (unpaired) electrons. The third-order valence-electron chi connectivity index (χ3n) is 4.50. The Labute approximate surface area is 154 Å². The smallest absolute Gasteiger partial charge is 0.272 e. The predicted octanol–water partition coefficient (Wildman–Crippen LogP) is 3.31. The van der Waals surface area contributed by atoms with Crippen molar-refractivity contribution in [2.75, 3.05) is 32.1 Å². The maximum absolute atomic E-state index is 13.1. The van der Waals surface area contributed by atoms with Crippen molar-refractivity contribution in [2.24, 2.45) is 0 Å². The van der Waals surface area contributed by atoms with Crippen molar-refractivity contribution in [1.82, 2.24) is 4.90 Å². The first-order chi connectivity index (χ1) is 12.5. The van der Waals surface area contributed by atoms with Crippen molar-refractivity contribution in [2.45, 2.75) is 19.4 Å². The molecular formula is C21H24N2O3. The first-order valence-electron chi connectivity index (χ1n) is 8.86. The van der Waals surface area contributed by atoms with Crippen LogP contribution in [0.5, 0.6) is 5.75 Å². The molecule has 1 aliphatic rings. The average Bonchev–Trinajstić information content (AvgIpc) is 2.66. The van der Waals surface area contributed by atoms with Crippen molar-refractivity contribution >= 4 is 17.4 Å². The summed E-state index contributed by atoms with van der Waals surface area (Å²) in [7, 11) is 3.94. The standard InChI is InChI=1S/C21H24N2O3/c1-4-18(24)16-10-11-19-17(14-16)23(13-12-22(2)3)21(25)20(26-19)15-8-6-5-7-9-15/h5-11,14,20H,4,12-13H2,1-3H3. The Kier molecular flexibility index (Phi) is 5.38. The van der Waals surface area contributed by atoms with Gasteiger partial charge < -0.3 is 14.5 Å². The first-order valence-corrected chi connectivity index (χ1v) is 8.86. The molecule has 1 atom stereocenters. The number of fused-ring (bicyclic) bond motifs is 1. The van der Waals surface area contributed by atoms with E-state index in [4.69, 9.17) is 4.74 Å². The number of carbonyl (C=O) groups is 2. The third-order valence-corrected chi connectivity index (χ3v) is 4.50. The maximum Gasteiger partial charge on any atom is 0.272 e. The minimum Gasteiger partial charge on any atom is -0.474 e. The van der Waals surface area contributed by atoms with Gasteiger partial charge in [-0.2, -0.15) is 0 Å². The number of nitrogens with zero attached hydrogens (tertiary/aromatic N) is 2. The molecule has 0 saturated carbocycles. The van der Waals surface area contributed by atoms with E-state index in [1.165, 1.54) is 0 Å². The van der Waals surface area contributed by atoms with Crippen LogP contribution in [0.1, 0.15) is 35.4 Å². The topological polar surface area (TPSA) is 49.9 Å². The molecule has 1 amide bonds. The van der Waals surface area contributed by atoms with Gasteiger partial charge in [0.15, 0.2) is 5.78 Å². The minimum atomic E-state index is -0.668. The lowest BCUT2D eigenvalue weighted by molar-refractivity contribution is -0.126. The average molecular weight is 352 g/mol.